The Morgan fingerprint density at radius 3 is 2.57 bits per heavy atom. The van der Waals surface area contributed by atoms with E-state index in [1.165, 1.54) is 6.07 Å². The Labute approximate surface area is 171 Å². The molecule has 0 spiro atoms. The van der Waals surface area contributed by atoms with Crippen molar-refractivity contribution in [2.45, 2.75) is 19.0 Å². The minimum Gasteiger partial charge on any atom is -0.339 e. The summed E-state index contributed by atoms with van der Waals surface area (Å²) in [5.74, 6) is 0.148. The Kier molecular flexibility index (Phi) is 6.04. The number of aryl methyl sites for hydroxylation is 1. The van der Waals surface area contributed by atoms with Crippen molar-refractivity contribution in [3.8, 4) is 11.4 Å². The van der Waals surface area contributed by atoms with Gasteiger partial charge in [-0.2, -0.15) is 18.2 Å². The van der Waals surface area contributed by atoms with Gasteiger partial charge in [0.2, 0.25) is 17.6 Å². The van der Waals surface area contributed by atoms with Gasteiger partial charge in [-0.1, -0.05) is 32.7 Å². The van der Waals surface area contributed by atoms with Gasteiger partial charge in [-0.3, -0.25) is 4.79 Å². The Balaban J connectivity index is 1.60. The number of amides is 1. The van der Waals surface area contributed by atoms with Crippen molar-refractivity contribution in [3.63, 3.8) is 0 Å². The summed E-state index contributed by atoms with van der Waals surface area (Å²) in [6.07, 6.45) is -4.49. The van der Waals surface area contributed by atoms with E-state index in [2.05, 4.69) is 31.4 Å². The highest BCUT2D eigenvalue weighted by molar-refractivity contribution is 9.10. The number of nitrogens with one attached hydrogen (secondary N) is 1. The fourth-order valence-corrected chi connectivity index (χ4v) is 2.83. The molecule has 5 nitrogen and oxygen atoms in total. The standard InChI is InChI=1S/C18H12BrClF3N3O2/c19-11-3-1-10(2-4-11)17-25-16(28-26-17)8-7-15(27)24-12-5-6-14(20)13(9-12)18(21,22)23/h1-6,9H,7-8H2,(H,24,27). The maximum Gasteiger partial charge on any atom is 0.417 e. The van der Waals surface area contributed by atoms with E-state index < -0.39 is 22.7 Å². The lowest BCUT2D eigenvalue weighted by atomic mass is 10.2. The summed E-state index contributed by atoms with van der Waals surface area (Å²) in [5, 5.41) is 5.82. The summed E-state index contributed by atoms with van der Waals surface area (Å²) >= 11 is 8.89. The van der Waals surface area contributed by atoms with Crippen LogP contribution < -0.4 is 5.32 Å². The molecule has 1 N–H and O–H groups in total. The predicted molar refractivity (Wildman–Crippen MR) is 101 cm³/mol. The van der Waals surface area contributed by atoms with Crippen LogP contribution in [0.2, 0.25) is 5.02 Å². The topological polar surface area (TPSA) is 68.0 Å². The van der Waals surface area contributed by atoms with Gasteiger partial charge in [0, 0.05) is 28.6 Å². The Hall–Kier alpha value is -2.39. The van der Waals surface area contributed by atoms with Crippen LogP contribution in [0.25, 0.3) is 11.4 Å². The van der Waals surface area contributed by atoms with Gasteiger partial charge in [-0.25, -0.2) is 0 Å². The highest BCUT2D eigenvalue weighted by Gasteiger charge is 2.33. The number of alkyl halides is 3. The number of halogens is 5. The Morgan fingerprint density at radius 1 is 1.18 bits per heavy atom. The Bertz CT molecular complexity index is 990. The third-order valence-electron chi connectivity index (χ3n) is 3.69. The van der Waals surface area contributed by atoms with Gasteiger partial charge >= 0.3 is 6.18 Å². The number of aromatic nitrogens is 2. The molecule has 146 valence electrons. The quantitative estimate of drug-likeness (QED) is 0.512. The third kappa shape index (κ3) is 5.11. The largest absolute Gasteiger partial charge is 0.417 e. The second-order valence-electron chi connectivity index (χ2n) is 5.76. The number of hydrogen-bond acceptors (Lipinski definition) is 4. The first-order valence-electron chi connectivity index (χ1n) is 7.97. The van der Waals surface area contributed by atoms with E-state index in [0.717, 1.165) is 22.2 Å². The Morgan fingerprint density at radius 2 is 1.89 bits per heavy atom. The van der Waals surface area contributed by atoms with Crippen LogP contribution in [0.15, 0.2) is 51.5 Å². The molecule has 3 rings (SSSR count). The number of nitrogens with zero attached hydrogens (tertiary/aromatic N) is 2. The van der Waals surface area contributed by atoms with E-state index in [1.54, 1.807) is 0 Å². The van der Waals surface area contributed by atoms with Crippen molar-refractivity contribution < 1.29 is 22.5 Å². The number of benzene rings is 2. The SMILES string of the molecule is O=C(CCc1nc(-c2ccc(Br)cc2)no1)Nc1ccc(Cl)c(C(F)(F)F)c1. The molecule has 0 saturated heterocycles. The number of rotatable bonds is 5. The van der Waals surface area contributed by atoms with E-state index >= 15 is 0 Å². The first-order chi connectivity index (χ1) is 13.2. The van der Waals surface area contributed by atoms with E-state index in [0.29, 0.717) is 5.82 Å². The average Bonchev–Trinajstić information content (AvgIpc) is 3.10. The van der Waals surface area contributed by atoms with E-state index in [4.69, 9.17) is 16.1 Å². The fraction of sp³-hybridized carbons (Fsp3) is 0.167. The number of hydrogen-bond donors (Lipinski definition) is 1. The lowest BCUT2D eigenvalue weighted by Crippen LogP contribution is -2.14. The highest BCUT2D eigenvalue weighted by atomic mass is 79.9. The minimum absolute atomic E-state index is 0.00260. The molecule has 0 saturated carbocycles. The second kappa shape index (κ2) is 8.32. The maximum atomic E-state index is 12.9. The monoisotopic (exact) mass is 473 g/mol. The molecule has 0 aliphatic carbocycles. The van der Waals surface area contributed by atoms with Gasteiger partial charge < -0.3 is 9.84 Å². The average molecular weight is 475 g/mol. The smallest absolute Gasteiger partial charge is 0.339 e. The van der Waals surface area contributed by atoms with Gasteiger partial charge in [0.1, 0.15) is 0 Å². The van der Waals surface area contributed by atoms with Crippen molar-refractivity contribution in [1.82, 2.24) is 10.1 Å². The van der Waals surface area contributed by atoms with E-state index in [9.17, 15) is 18.0 Å². The minimum atomic E-state index is -4.61. The van der Waals surface area contributed by atoms with Crippen molar-refractivity contribution in [2.75, 3.05) is 5.32 Å². The molecule has 0 aliphatic heterocycles. The van der Waals surface area contributed by atoms with Crippen LogP contribution in [0.5, 0.6) is 0 Å². The molecule has 0 radical (unpaired) electrons. The molecular weight excluding hydrogens is 463 g/mol. The van der Waals surface area contributed by atoms with Crippen LogP contribution in [-0.2, 0) is 17.4 Å². The molecule has 0 unspecified atom stereocenters. The molecule has 1 amide bonds. The van der Waals surface area contributed by atoms with Crippen LogP contribution in [0.1, 0.15) is 17.9 Å². The molecule has 2 aromatic carbocycles. The molecule has 0 fully saturated rings. The van der Waals surface area contributed by atoms with Crippen molar-refractivity contribution >= 4 is 39.1 Å². The summed E-state index contributed by atoms with van der Waals surface area (Å²) in [5.41, 5.74) is -0.255. The van der Waals surface area contributed by atoms with Gasteiger partial charge in [0.25, 0.3) is 0 Å². The summed E-state index contributed by atoms with van der Waals surface area (Å²) in [6.45, 7) is 0. The van der Waals surface area contributed by atoms with E-state index in [1.807, 2.05) is 24.3 Å². The number of anilines is 1. The first kappa shape index (κ1) is 20.3. The van der Waals surface area contributed by atoms with E-state index in [-0.39, 0.29) is 24.4 Å². The molecule has 10 heteroatoms. The van der Waals surface area contributed by atoms with Gasteiger partial charge in [-0.15, -0.1) is 0 Å². The molecule has 1 aromatic heterocycles. The van der Waals surface area contributed by atoms with Gasteiger partial charge in [0.05, 0.1) is 10.6 Å². The van der Waals surface area contributed by atoms with Crippen LogP contribution in [0.3, 0.4) is 0 Å². The normalized spacial score (nSPS) is 11.5. The van der Waals surface area contributed by atoms with Crippen LogP contribution >= 0.6 is 27.5 Å². The summed E-state index contributed by atoms with van der Waals surface area (Å²) in [6, 6.07) is 10.5. The number of carbonyl (C=O) groups excluding carboxylic acids is 1. The second-order valence-corrected chi connectivity index (χ2v) is 7.08. The molecular formula is C18H12BrClF3N3O2. The van der Waals surface area contributed by atoms with Crippen molar-refractivity contribution in [2.24, 2.45) is 0 Å². The van der Waals surface area contributed by atoms with Crippen LogP contribution in [0, 0.1) is 0 Å². The molecule has 3 aromatic rings. The zero-order valence-electron chi connectivity index (χ0n) is 14.1. The molecule has 0 atom stereocenters. The maximum absolute atomic E-state index is 12.9. The van der Waals surface area contributed by atoms with Crippen molar-refractivity contribution in [3.05, 3.63) is 63.4 Å². The van der Waals surface area contributed by atoms with Crippen LogP contribution in [-0.4, -0.2) is 16.0 Å². The predicted octanol–water partition coefficient (Wildman–Crippen LogP) is 5.74. The van der Waals surface area contributed by atoms with Gasteiger partial charge in [-0.05, 0) is 42.5 Å². The van der Waals surface area contributed by atoms with Gasteiger partial charge in [0.15, 0.2) is 0 Å². The number of carbonyl (C=O) groups is 1. The summed E-state index contributed by atoms with van der Waals surface area (Å²) < 4.78 is 44.6. The molecule has 28 heavy (non-hydrogen) atoms. The molecule has 0 bridgehead atoms. The highest BCUT2D eigenvalue weighted by Crippen LogP contribution is 2.36. The fourth-order valence-electron chi connectivity index (χ4n) is 2.34. The third-order valence-corrected chi connectivity index (χ3v) is 4.55. The van der Waals surface area contributed by atoms with Crippen molar-refractivity contribution in [1.29, 1.82) is 0 Å². The summed E-state index contributed by atoms with van der Waals surface area (Å²) in [4.78, 5) is 16.2. The van der Waals surface area contributed by atoms with Crippen LogP contribution in [0.4, 0.5) is 18.9 Å². The lowest BCUT2D eigenvalue weighted by Gasteiger charge is -2.11. The zero-order chi connectivity index (χ0) is 20.3. The zero-order valence-corrected chi connectivity index (χ0v) is 16.4. The lowest BCUT2D eigenvalue weighted by molar-refractivity contribution is -0.137. The summed E-state index contributed by atoms with van der Waals surface area (Å²) in [7, 11) is 0. The molecule has 0 aliphatic rings. The first-order valence-corrected chi connectivity index (χ1v) is 9.14. The molecule has 1 heterocycles.